The van der Waals surface area contributed by atoms with Crippen LogP contribution in [0, 0.1) is 0 Å². The number of hydrogen-bond acceptors (Lipinski definition) is 3. The predicted octanol–water partition coefficient (Wildman–Crippen LogP) is 2.44. The number of amides is 1. The van der Waals surface area contributed by atoms with E-state index in [-0.39, 0.29) is 11.2 Å². The molecule has 1 aromatic carbocycles. The Morgan fingerprint density at radius 1 is 1.40 bits per heavy atom. The summed E-state index contributed by atoms with van der Waals surface area (Å²) in [5.41, 5.74) is 0.981. The van der Waals surface area contributed by atoms with Gasteiger partial charge in [0.15, 0.2) is 0 Å². The van der Waals surface area contributed by atoms with Gasteiger partial charge in [-0.05, 0) is 30.5 Å². The molecule has 0 saturated carbocycles. The monoisotopic (exact) mass is 239 g/mol. The van der Waals surface area contributed by atoms with Crippen LogP contribution in [-0.2, 0) is 4.79 Å². The molecule has 1 aliphatic rings. The summed E-state index contributed by atoms with van der Waals surface area (Å²) >= 11 is 6.04. The summed E-state index contributed by atoms with van der Waals surface area (Å²) in [5.74, 6) is 0.173. The van der Waals surface area contributed by atoms with Crippen LogP contribution in [0.5, 0.6) is 0 Å². The molecule has 1 unspecified atom stereocenters. The first-order chi connectivity index (χ1) is 7.20. The van der Waals surface area contributed by atoms with E-state index in [0.29, 0.717) is 6.42 Å². The number of thioether (sulfide) groups is 1. The van der Waals surface area contributed by atoms with Gasteiger partial charge in [-0.25, -0.2) is 0 Å². The molecular formula is C11H13NOS2. The molecule has 1 aliphatic heterocycles. The largest absolute Gasteiger partial charge is 0.311 e. The van der Waals surface area contributed by atoms with Crippen LogP contribution in [0.15, 0.2) is 29.2 Å². The fraction of sp³-hybridized carbons (Fsp3) is 0.364. The molecule has 15 heavy (non-hydrogen) atoms. The number of carbonyl (C=O) groups excluding carboxylic acids is 1. The molecule has 1 aromatic rings. The van der Waals surface area contributed by atoms with Crippen molar-refractivity contribution in [3.8, 4) is 0 Å². The van der Waals surface area contributed by atoms with Crippen LogP contribution in [-0.4, -0.2) is 24.0 Å². The van der Waals surface area contributed by atoms with E-state index in [1.165, 1.54) is 4.90 Å². The Balaban J connectivity index is 2.19. The number of rotatable bonds is 2. The van der Waals surface area contributed by atoms with Gasteiger partial charge in [0.2, 0.25) is 5.91 Å². The Morgan fingerprint density at radius 2 is 2.07 bits per heavy atom. The highest BCUT2D eigenvalue weighted by atomic mass is 32.2. The second-order valence-electron chi connectivity index (χ2n) is 3.56. The zero-order valence-electron chi connectivity index (χ0n) is 8.51. The third kappa shape index (κ3) is 2.32. The minimum atomic E-state index is 0.173. The van der Waals surface area contributed by atoms with E-state index in [1.807, 2.05) is 35.4 Å². The predicted molar refractivity (Wildman–Crippen MR) is 68.0 cm³/mol. The Bertz CT molecular complexity index is 363. The summed E-state index contributed by atoms with van der Waals surface area (Å²) in [6.07, 6.45) is 2.59. The molecule has 2 rings (SSSR count). The summed E-state index contributed by atoms with van der Waals surface area (Å²) in [6.45, 7) is 0.723. The van der Waals surface area contributed by atoms with Crippen LogP contribution in [0.1, 0.15) is 6.42 Å². The van der Waals surface area contributed by atoms with Gasteiger partial charge in [-0.15, -0.1) is 11.8 Å². The first-order valence-electron chi connectivity index (χ1n) is 4.83. The third-order valence-electron chi connectivity index (χ3n) is 2.49. The number of benzene rings is 1. The maximum absolute atomic E-state index is 11.6. The lowest BCUT2D eigenvalue weighted by Gasteiger charge is -2.16. The molecule has 1 heterocycles. The smallest absolute Gasteiger partial charge is 0.228 e. The molecule has 0 N–H and O–H groups in total. The Hall–Kier alpha value is -0.610. The number of anilines is 1. The average molecular weight is 239 g/mol. The van der Waals surface area contributed by atoms with Crippen molar-refractivity contribution >= 4 is 36.0 Å². The van der Waals surface area contributed by atoms with E-state index in [0.717, 1.165) is 12.2 Å². The van der Waals surface area contributed by atoms with Gasteiger partial charge in [-0.3, -0.25) is 4.79 Å². The van der Waals surface area contributed by atoms with E-state index in [9.17, 15) is 4.79 Å². The van der Waals surface area contributed by atoms with Gasteiger partial charge in [0, 0.05) is 28.8 Å². The molecule has 0 radical (unpaired) electrons. The zero-order chi connectivity index (χ0) is 10.8. The lowest BCUT2D eigenvalue weighted by atomic mass is 10.3. The normalized spacial score (nSPS) is 21.1. The van der Waals surface area contributed by atoms with Crippen LogP contribution in [0.2, 0.25) is 0 Å². The van der Waals surface area contributed by atoms with Gasteiger partial charge >= 0.3 is 0 Å². The molecule has 2 nitrogen and oxygen atoms in total. The molecule has 4 heteroatoms. The standard InChI is InChI=1S/C11H13NOS2/c1-15-10-4-2-8(3-5-10)12-7-9(14)6-11(12)13/h2-5,9,14H,6-7H2,1H3. The number of hydrogen-bond donors (Lipinski definition) is 1. The Morgan fingerprint density at radius 3 is 2.53 bits per heavy atom. The maximum Gasteiger partial charge on any atom is 0.228 e. The van der Waals surface area contributed by atoms with E-state index >= 15 is 0 Å². The highest BCUT2D eigenvalue weighted by molar-refractivity contribution is 7.98. The van der Waals surface area contributed by atoms with E-state index in [4.69, 9.17) is 0 Å². The first kappa shape index (κ1) is 10.9. The van der Waals surface area contributed by atoms with Crippen LogP contribution in [0.25, 0.3) is 0 Å². The molecule has 0 bridgehead atoms. The van der Waals surface area contributed by atoms with Gasteiger partial charge in [0.05, 0.1) is 0 Å². The molecule has 1 atom stereocenters. The Kier molecular flexibility index (Phi) is 3.26. The van der Waals surface area contributed by atoms with Gasteiger partial charge in [0.1, 0.15) is 0 Å². The third-order valence-corrected chi connectivity index (χ3v) is 3.58. The molecule has 1 fully saturated rings. The van der Waals surface area contributed by atoms with Crippen molar-refractivity contribution in [1.82, 2.24) is 0 Å². The van der Waals surface area contributed by atoms with Crippen LogP contribution in [0.3, 0.4) is 0 Å². The van der Waals surface area contributed by atoms with Crippen molar-refractivity contribution in [3.05, 3.63) is 24.3 Å². The van der Waals surface area contributed by atoms with Crippen LogP contribution in [0.4, 0.5) is 5.69 Å². The van der Waals surface area contributed by atoms with Crippen molar-refractivity contribution in [3.63, 3.8) is 0 Å². The first-order valence-corrected chi connectivity index (χ1v) is 6.57. The van der Waals surface area contributed by atoms with Crippen LogP contribution >= 0.6 is 24.4 Å². The second-order valence-corrected chi connectivity index (χ2v) is 5.17. The topological polar surface area (TPSA) is 20.3 Å². The molecule has 0 aliphatic carbocycles. The van der Waals surface area contributed by atoms with E-state index < -0.39 is 0 Å². The highest BCUT2D eigenvalue weighted by Crippen LogP contribution is 2.25. The molecule has 1 saturated heterocycles. The summed E-state index contributed by atoms with van der Waals surface area (Å²) in [4.78, 5) is 14.6. The van der Waals surface area contributed by atoms with Gasteiger partial charge in [-0.2, -0.15) is 12.6 Å². The van der Waals surface area contributed by atoms with Crippen molar-refractivity contribution in [2.75, 3.05) is 17.7 Å². The molecule has 80 valence electrons. The summed E-state index contributed by atoms with van der Waals surface area (Å²) < 4.78 is 0. The van der Waals surface area contributed by atoms with Crippen molar-refractivity contribution in [1.29, 1.82) is 0 Å². The number of carbonyl (C=O) groups is 1. The van der Waals surface area contributed by atoms with Crippen molar-refractivity contribution < 1.29 is 4.79 Å². The molecule has 0 aromatic heterocycles. The second kappa shape index (κ2) is 4.49. The minimum Gasteiger partial charge on any atom is -0.311 e. The highest BCUT2D eigenvalue weighted by Gasteiger charge is 2.27. The van der Waals surface area contributed by atoms with Crippen LogP contribution < -0.4 is 4.90 Å². The fourth-order valence-electron chi connectivity index (χ4n) is 1.70. The average Bonchev–Trinajstić information content (AvgIpc) is 2.58. The van der Waals surface area contributed by atoms with Crippen molar-refractivity contribution in [2.45, 2.75) is 16.6 Å². The Labute approximate surface area is 99.4 Å². The van der Waals surface area contributed by atoms with Gasteiger partial charge < -0.3 is 4.90 Å². The molecular weight excluding hydrogens is 226 g/mol. The summed E-state index contributed by atoms with van der Waals surface area (Å²) in [7, 11) is 0. The lowest BCUT2D eigenvalue weighted by molar-refractivity contribution is -0.117. The quantitative estimate of drug-likeness (QED) is 0.632. The summed E-state index contributed by atoms with van der Waals surface area (Å²) in [5, 5.41) is 0.178. The maximum atomic E-state index is 11.6. The van der Waals surface area contributed by atoms with E-state index in [2.05, 4.69) is 12.6 Å². The van der Waals surface area contributed by atoms with Crippen molar-refractivity contribution in [2.24, 2.45) is 0 Å². The molecule has 1 amide bonds. The lowest BCUT2D eigenvalue weighted by Crippen LogP contribution is -2.24. The fourth-order valence-corrected chi connectivity index (χ4v) is 2.43. The summed E-state index contributed by atoms with van der Waals surface area (Å²) in [6, 6.07) is 8.07. The minimum absolute atomic E-state index is 0.173. The SMILES string of the molecule is CSc1ccc(N2CC(S)CC2=O)cc1. The zero-order valence-corrected chi connectivity index (χ0v) is 10.2. The number of thiol groups is 1. The number of nitrogens with zero attached hydrogens (tertiary/aromatic N) is 1. The van der Waals surface area contributed by atoms with Gasteiger partial charge in [0.25, 0.3) is 0 Å². The molecule has 0 spiro atoms. The van der Waals surface area contributed by atoms with E-state index in [1.54, 1.807) is 11.8 Å². The van der Waals surface area contributed by atoms with Gasteiger partial charge in [-0.1, -0.05) is 0 Å².